The summed E-state index contributed by atoms with van der Waals surface area (Å²) in [6.07, 6.45) is -0.659. The molecule has 2 aliphatic rings. The smallest absolute Gasteiger partial charge is 0.190 e. The van der Waals surface area contributed by atoms with E-state index in [9.17, 15) is 10.2 Å². The summed E-state index contributed by atoms with van der Waals surface area (Å²) in [4.78, 5) is 0. The molecule has 0 aromatic rings. The molecule has 2 saturated heterocycles. The van der Waals surface area contributed by atoms with Crippen LogP contribution in [0, 0.1) is 0 Å². The van der Waals surface area contributed by atoms with E-state index in [1.165, 1.54) is 0 Å². The van der Waals surface area contributed by atoms with Gasteiger partial charge in [0.05, 0.1) is 12.6 Å². The molecule has 0 saturated carbocycles. The van der Waals surface area contributed by atoms with Crippen molar-refractivity contribution in [2.24, 2.45) is 0 Å². The number of aliphatic hydroxyl groups is 2. The summed E-state index contributed by atoms with van der Waals surface area (Å²) in [5, 5.41) is 26.4. The maximum absolute atomic E-state index is 10.4. The number of nitrogens with one attached hydrogen (secondary N) is 2. The Morgan fingerprint density at radius 1 is 1.36 bits per heavy atom. The first kappa shape index (κ1) is 17.8. The van der Waals surface area contributed by atoms with Crippen molar-refractivity contribution in [3.8, 4) is 0 Å². The summed E-state index contributed by atoms with van der Waals surface area (Å²) < 4.78 is 16.9. The zero-order valence-corrected chi connectivity index (χ0v) is 14.1. The molecule has 0 aromatic carbocycles. The topological polar surface area (TPSA) is 92.2 Å². The average Bonchev–Trinajstić information content (AvgIpc) is 2.90. The Morgan fingerprint density at radius 2 is 2.09 bits per heavy atom. The highest BCUT2D eigenvalue weighted by molar-refractivity contribution is 7.80. The molecule has 0 unspecified atom stereocenters. The summed E-state index contributed by atoms with van der Waals surface area (Å²) in [5.74, 6) is -0.777. The number of aliphatic hydroxyl groups excluding tert-OH is 2. The summed E-state index contributed by atoms with van der Waals surface area (Å²) in [7, 11) is 0. The normalized spacial score (nSPS) is 34.2. The Morgan fingerprint density at radius 3 is 2.68 bits per heavy atom. The molecule has 8 heteroatoms. The zero-order valence-electron chi connectivity index (χ0n) is 13.2. The van der Waals surface area contributed by atoms with Crippen molar-refractivity contribution < 1.29 is 24.4 Å². The van der Waals surface area contributed by atoms with Gasteiger partial charge in [-0.3, -0.25) is 0 Å². The summed E-state index contributed by atoms with van der Waals surface area (Å²) in [5.41, 5.74) is 0. The van der Waals surface area contributed by atoms with Crippen molar-refractivity contribution in [3.05, 3.63) is 0 Å². The highest BCUT2D eigenvalue weighted by Crippen LogP contribution is 2.38. The molecule has 2 fully saturated rings. The van der Waals surface area contributed by atoms with Gasteiger partial charge >= 0.3 is 0 Å². The molecular formula is C14H26N2O5S. The van der Waals surface area contributed by atoms with Crippen LogP contribution >= 0.6 is 12.2 Å². The van der Waals surface area contributed by atoms with E-state index in [-0.39, 0.29) is 6.61 Å². The monoisotopic (exact) mass is 334 g/mol. The van der Waals surface area contributed by atoms with Gasteiger partial charge in [0.25, 0.3) is 0 Å². The van der Waals surface area contributed by atoms with Crippen LogP contribution in [0.4, 0.5) is 0 Å². The molecule has 0 spiro atoms. The van der Waals surface area contributed by atoms with Gasteiger partial charge < -0.3 is 35.1 Å². The van der Waals surface area contributed by atoms with Crippen molar-refractivity contribution in [2.75, 3.05) is 13.2 Å². The molecule has 0 aromatic heterocycles. The Hall–Kier alpha value is -0.510. The van der Waals surface area contributed by atoms with Crippen molar-refractivity contribution in [1.82, 2.24) is 10.6 Å². The van der Waals surface area contributed by atoms with Crippen LogP contribution in [0.25, 0.3) is 0 Å². The largest absolute Gasteiger partial charge is 0.394 e. The molecule has 2 rings (SSSR count). The highest BCUT2D eigenvalue weighted by Gasteiger charge is 2.56. The fourth-order valence-corrected chi connectivity index (χ4v) is 2.93. The zero-order chi connectivity index (χ0) is 16.3. The first-order chi connectivity index (χ1) is 10.4. The van der Waals surface area contributed by atoms with Crippen LogP contribution in [0.5, 0.6) is 0 Å². The van der Waals surface area contributed by atoms with Gasteiger partial charge in [-0.25, -0.2) is 0 Å². The van der Waals surface area contributed by atoms with Gasteiger partial charge in [-0.15, -0.1) is 0 Å². The number of fused-ring (bicyclic) bond motifs is 1. The molecule has 5 atom stereocenters. The Kier molecular flexibility index (Phi) is 5.98. The number of rotatable bonds is 6. The van der Waals surface area contributed by atoms with Crippen molar-refractivity contribution >= 4 is 17.3 Å². The molecule has 0 amide bonds. The first-order valence-electron chi connectivity index (χ1n) is 7.72. The molecule has 128 valence electrons. The summed E-state index contributed by atoms with van der Waals surface area (Å²) >= 11 is 5.19. The lowest BCUT2D eigenvalue weighted by Gasteiger charge is -2.29. The standard InChI is InChI=1S/C14H26N2O5S/c1-4-5-6-15-13(22)16-8(7-17)10-9(18)11-12(19-10)21-14(2,3)20-11/h8-12,17-18H,4-7H2,1-3H3,(H2,15,16,22)/t8-,9+,10+,11-,12-/m1/s1. The van der Waals surface area contributed by atoms with Gasteiger partial charge in [-0.2, -0.15) is 0 Å². The van der Waals surface area contributed by atoms with Crippen LogP contribution in [0.1, 0.15) is 33.6 Å². The van der Waals surface area contributed by atoms with Crippen LogP contribution < -0.4 is 10.6 Å². The van der Waals surface area contributed by atoms with E-state index in [2.05, 4.69) is 17.6 Å². The fraction of sp³-hybridized carbons (Fsp3) is 0.929. The van der Waals surface area contributed by atoms with E-state index < -0.39 is 36.4 Å². The van der Waals surface area contributed by atoms with E-state index in [1.54, 1.807) is 13.8 Å². The molecule has 0 radical (unpaired) electrons. The highest BCUT2D eigenvalue weighted by atomic mass is 32.1. The second-order valence-electron chi connectivity index (χ2n) is 6.10. The molecule has 0 aliphatic carbocycles. The minimum atomic E-state index is -0.894. The van der Waals surface area contributed by atoms with Crippen LogP contribution in [0.15, 0.2) is 0 Å². The van der Waals surface area contributed by atoms with Crippen molar-refractivity contribution in [3.63, 3.8) is 0 Å². The molecule has 2 heterocycles. The van der Waals surface area contributed by atoms with Gasteiger partial charge in [-0.05, 0) is 32.5 Å². The lowest BCUT2D eigenvalue weighted by atomic mass is 10.0. The predicted molar refractivity (Wildman–Crippen MR) is 84.2 cm³/mol. The fourth-order valence-electron chi connectivity index (χ4n) is 2.68. The Bertz CT molecular complexity index is 395. The Labute approximate surface area is 136 Å². The second kappa shape index (κ2) is 7.37. The van der Waals surface area contributed by atoms with Gasteiger partial charge in [-0.1, -0.05) is 13.3 Å². The SMILES string of the molecule is CCCCNC(=S)N[C@H](CO)[C@@H]1O[C@@H]2OC(C)(C)O[C@@H]2[C@H]1O. The molecule has 2 aliphatic heterocycles. The van der Waals surface area contributed by atoms with Gasteiger partial charge in [0.2, 0.25) is 0 Å². The number of unbranched alkanes of at least 4 members (excludes halogenated alkanes) is 1. The van der Waals surface area contributed by atoms with Gasteiger partial charge in [0.15, 0.2) is 17.2 Å². The molecule has 0 bridgehead atoms. The van der Waals surface area contributed by atoms with Crippen LogP contribution in [-0.2, 0) is 14.2 Å². The average molecular weight is 334 g/mol. The minimum Gasteiger partial charge on any atom is -0.394 e. The van der Waals surface area contributed by atoms with Crippen molar-refractivity contribution in [1.29, 1.82) is 0 Å². The van der Waals surface area contributed by atoms with Crippen LogP contribution in [0.3, 0.4) is 0 Å². The second-order valence-corrected chi connectivity index (χ2v) is 6.51. The van der Waals surface area contributed by atoms with Gasteiger partial charge in [0.1, 0.15) is 18.3 Å². The van der Waals surface area contributed by atoms with Gasteiger partial charge in [0, 0.05) is 6.54 Å². The third-order valence-electron chi connectivity index (χ3n) is 3.78. The van der Waals surface area contributed by atoms with E-state index in [0.717, 1.165) is 19.4 Å². The number of ether oxygens (including phenoxy) is 3. The van der Waals surface area contributed by atoms with Crippen molar-refractivity contribution in [2.45, 2.75) is 70.0 Å². The maximum atomic E-state index is 10.4. The maximum Gasteiger partial charge on any atom is 0.190 e. The lowest BCUT2D eigenvalue weighted by Crippen LogP contribution is -2.53. The van der Waals surface area contributed by atoms with E-state index in [4.69, 9.17) is 26.4 Å². The quantitative estimate of drug-likeness (QED) is 0.394. The molecular weight excluding hydrogens is 308 g/mol. The van der Waals surface area contributed by atoms with E-state index in [1.807, 2.05) is 0 Å². The Balaban J connectivity index is 1.88. The molecule has 22 heavy (non-hydrogen) atoms. The predicted octanol–water partition coefficient (Wildman–Crippen LogP) is -0.151. The number of hydrogen-bond acceptors (Lipinski definition) is 6. The van der Waals surface area contributed by atoms with E-state index >= 15 is 0 Å². The molecule has 4 N–H and O–H groups in total. The molecule has 7 nitrogen and oxygen atoms in total. The summed E-state index contributed by atoms with van der Waals surface area (Å²) in [6.45, 7) is 6.17. The third-order valence-corrected chi connectivity index (χ3v) is 4.04. The first-order valence-corrected chi connectivity index (χ1v) is 8.13. The van der Waals surface area contributed by atoms with Crippen LogP contribution in [0.2, 0.25) is 0 Å². The minimum absolute atomic E-state index is 0.222. The lowest BCUT2D eigenvalue weighted by molar-refractivity contribution is -0.218. The number of hydrogen-bond donors (Lipinski definition) is 4. The summed E-state index contributed by atoms with van der Waals surface area (Å²) in [6, 6.07) is -0.530. The van der Waals surface area contributed by atoms with E-state index in [0.29, 0.717) is 5.11 Å². The third kappa shape index (κ3) is 4.06. The van der Waals surface area contributed by atoms with Crippen LogP contribution in [-0.4, -0.2) is 64.9 Å². The number of thiocarbonyl (C=S) groups is 1.